The maximum atomic E-state index is 12.9. The number of nitrogens with zero attached hydrogens (tertiary/aromatic N) is 4. The largest absolute Gasteiger partial charge is 0.368 e. The van der Waals surface area contributed by atoms with E-state index in [1.54, 1.807) is 0 Å². The fraction of sp³-hybridized carbons (Fsp3) is 0.444. The van der Waals surface area contributed by atoms with Crippen LogP contribution in [0.1, 0.15) is 21.7 Å². The van der Waals surface area contributed by atoms with E-state index in [0.717, 1.165) is 51.3 Å². The molecule has 126 valence electrons. The average molecular weight is 325 g/mol. The number of hydrogen-bond acceptors (Lipinski definition) is 4. The van der Waals surface area contributed by atoms with Crippen LogP contribution in [0.25, 0.3) is 0 Å². The maximum Gasteiger partial charge on any atom is 0.274 e. The van der Waals surface area contributed by atoms with Gasteiger partial charge in [-0.1, -0.05) is 18.2 Å². The van der Waals surface area contributed by atoms with Crippen LogP contribution in [0.5, 0.6) is 0 Å². The summed E-state index contributed by atoms with van der Waals surface area (Å²) in [7, 11) is 1.94. The van der Waals surface area contributed by atoms with Crippen molar-refractivity contribution in [2.45, 2.75) is 13.0 Å². The molecule has 1 aromatic carbocycles. The van der Waals surface area contributed by atoms with Crippen LogP contribution < -0.4 is 10.2 Å². The molecule has 6 nitrogen and oxygen atoms in total. The van der Waals surface area contributed by atoms with Gasteiger partial charge < -0.3 is 15.1 Å². The zero-order valence-corrected chi connectivity index (χ0v) is 14.0. The summed E-state index contributed by atoms with van der Waals surface area (Å²) in [6.45, 7) is 4.91. The lowest BCUT2D eigenvalue weighted by atomic mass is 10.1. The van der Waals surface area contributed by atoms with Gasteiger partial charge in [0.05, 0.1) is 0 Å². The lowest BCUT2D eigenvalue weighted by Crippen LogP contribution is -2.49. The quantitative estimate of drug-likeness (QED) is 0.896. The third-order valence-corrected chi connectivity index (χ3v) is 5.01. The molecule has 6 heteroatoms. The second kappa shape index (κ2) is 6.28. The van der Waals surface area contributed by atoms with Crippen LogP contribution in [0.15, 0.2) is 30.3 Å². The normalized spacial score (nSPS) is 17.7. The lowest BCUT2D eigenvalue weighted by Gasteiger charge is -2.36. The van der Waals surface area contributed by atoms with Gasteiger partial charge in [0.1, 0.15) is 0 Å². The number of amides is 1. The summed E-state index contributed by atoms with van der Waals surface area (Å²) in [6.07, 6.45) is 0.938. The Labute approximate surface area is 142 Å². The summed E-state index contributed by atoms with van der Waals surface area (Å²) >= 11 is 0. The molecule has 1 amide bonds. The van der Waals surface area contributed by atoms with Crippen molar-refractivity contribution in [3.8, 4) is 0 Å². The molecule has 1 saturated heterocycles. The third-order valence-electron chi connectivity index (χ3n) is 5.01. The Hall–Kier alpha value is -2.34. The minimum atomic E-state index is 0.0725. The summed E-state index contributed by atoms with van der Waals surface area (Å²) in [5, 5.41) is 7.87. The zero-order valence-electron chi connectivity index (χ0n) is 14.0. The van der Waals surface area contributed by atoms with Crippen LogP contribution in [-0.4, -0.2) is 53.3 Å². The molecule has 1 fully saturated rings. The number of rotatable bonds is 2. The van der Waals surface area contributed by atoms with Gasteiger partial charge in [-0.15, -0.1) is 0 Å². The number of para-hydroxylation sites is 1. The average Bonchev–Trinajstić information content (AvgIpc) is 2.99. The fourth-order valence-electron chi connectivity index (χ4n) is 3.65. The first-order valence-electron chi connectivity index (χ1n) is 8.59. The molecule has 0 unspecified atom stereocenters. The number of fused-ring (bicyclic) bond motifs is 1. The number of aryl methyl sites for hydroxylation is 1. The smallest absolute Gasteiger partial charge is 0.274 e. The molecule has 0 saturated carbocycles. The second-order valence-electron chi connectivity index (χ2n) is 6.44. The Bertz CT molecular complexity index is 731. The number of carbonyl (C=O) groups is 1. The third kappa shape index (κ3) is 2.67. The summed E-state index contributed by atoms with van der Waals surface area (Å²) in [5.74, 6) is 0.0725. The van der Waals surface area contributed by atoms with Crippen LogP contribution >= 0.6 is 0 Å². The van der Waals surface area contributed by atoms with E-state index in [0.29, 0.717) is 5.69 Å². The minimum absolute atomic E-state index is 0.0725. The molecule has 1 aromatic heterocycles. The summed E-state index contributed by atoms with van der Waals surface area (Å²) in [5.41, 5.74) is 4.14. The van der Waals surface area contributed by atoms with Crippen LogP contribution in [-0.2, 0) is 20.0 Å². The van der Waals surface area contributed by atoms with Gasteiger partial charge in [-0.25, -0.2) is 0 Å². The number of piperazine rings is 1. The molecule has 0 bridgehead atoms. The van der Waals surface area contributed by atoms with Crippen molar-refractivity contribution in [1.82, 2.24) is 20.0 Å². The molecule has 3 heterocycles. The van der Waals surface area contributed by atoms with Crippen LogP contribution in [0.2, 0.25) is 0 Å². The molecule has 2 aromatic rings. The standard InChI is InChI=1S/C18H23N5O/c1-21-16-7-8-19-13-15(16)17(20-21)18(24)23-11-9-22(10-12-23)14-5-3-2-4-6-14/h2-6,19H,7-13H2,1H3. The van der Waals surface area contributed by atoms with E-state index < -0.39 is 0 Å². The van der Waals surface area contributed by atoms with Crippen molar-refractivity contribution in [2.24, 2.45) is 7.05 Å². The van der Waals surface area contributed by atoms with Crippen molar-refractivity contribution in [2.75, 3.05) is 37.6 Å². The van der Waals surface area contributed by atoms with Crippen molar-refractivity contribution >= 4 is 11.6 Å². The molecule has 0 spiro atoms. The van der Waals surface area contributed by atoms with E-state index in [9.17, 15) is 4.79 Å². The predicted molar refractivity (Wildman–Crippen MR) is 93.2 cm³/mol. The highest BCUT2D eigenvalue weighted by Crippen LogP contribution is 2.21. The number of nitrogens with one attached hydrogen (secondary N) is 1. The highest BCUT2D eigenvalue weighted by molar-refractivity contribution is 5.94. The van der Waals surface area contributed by atoms with E-state index in [4.69, 9.17) is 0 Å². The highest BCUT2D eigenvalue weighted by atomic mass is 16.2. The molecule has 24 heavy (non-hydrogen) atoms. The number of anilines is 1. The molecule has 2 aliphatic rings. The highest BCUT2D eigenvalue weighted by Gasteiger charge is 2.29. The van der Waals surface area contributed by atoms with Crippen LogP contribution in [0.4, 0.5) is 5.69 Å². The summed E-state index contributed by atoms with van der Waals surface area (Å²) < 4.78 is 1.88. The summed E-state index contributed by atoms with van der Waals surface area (Å²) in [6, 6.07) is 10.4. The molecular formula is C18H23N5O. The van der Waals surface area contributed by atoms with E-state index in [2.05, 4.69) is 39.6 Å². The fourth-order valence-corrected chi connectivity index (χ4v) is 3.65. The molecule has 0 atom stereocenters. The Kier molecular flexibility index (Phi) is 3.98. The van der Waals surface area contributed by atoms with Crippen molar-refractivity contribution in [3.05, 3.63) is 47.3 Å². The van der Waals surface area contributed by atoms with Crippen LogP contribution in [0.3, 0.4) is 0 Å². The Morgan fingerprint density at radius 1 is 1.12 bits per heavy atom. The number of hydrogen-bond donors (Lipinski definition) is 1. The molecule has 0 radical (unpaired) electrons. The molecular weight excluding hydrogens is 302 g/mol. The maximum absolute atomic E-state index is 12.9. The van der Waals surface area contributed by atoms with Crippen molar-refractivity contribution in [1.29, 1.82) is 0 Å². The van der Waals surface area contributed by atoms with Gasteiger partial charge in [0.15, 0.2) is 5.69 Å². The van der Waals surface area contributed by atoms with Gasteiger partial charge >= 0.3 is 0 Å². The van der Waals surface area contributed by atoms with Crippen molar-refractivity contribution in [3.63, 3.8) is 0 Å². The molecule has 0 aliphatic carbocycles. The number of carbonyl (C=O) groups excluding carboxylic acids is 1. The van der Waals surface area contributed by atoms with Gasteiger partial charge in [-0.3, -0.25) is 9.48 Å². The number of benzene rings is 1. The second-order valence-corrected chi connectivity index (χ2v) is 6.44. The monoisotopic (exact) mass is 325 g/mol. The van der Waals surface area contributed by atoms with Crippen molar-refractivity contribution < 1.29 is 4.79 Å². The van der Waals surface area contributed by atoms with Gasteiger partial charge in [-0.2, -0.15) is 5.10 Å². The van der Waals surface area contributed by atoms with E-state index in [1.807, 2.05) is 22.7 Å². The van der Waals surface area contributed by atoms with Gasteiger partial charge in [0.2, 0.25) is 0 Å². The zero-order chi connectivity index (χ0) is 16.5. The van der Waals surface area contributed by atoms with E-state index >= 15 is 0 Å². The molecule has 4 rings (SSSR count). The SMILES string of the molecule is Cn1nc(C(=O)N2CCN(c3ccccc3)CC2)c2c1CCNC2. The molecule has 1 N–H and O–H groups in total. The van der Waals surface area contributed by atoms with E-state index in [1.165, 1.54) is 11.4 Å². The Morgan fingerprint density at radius 3 is 2.62 bits per heavy atom. The Morgan fingerprint density at radius 2 is 1.88 bits per heavy atom. The summed E-state index contributed by atoms with van der Waals surface area (Å²) in [4.78, 5) is 17.2. The van der Waals surface area contributed by atoms with Gasteiger partial charge in [0.25, 0.3) is 5.91 Å². The minimum Gasteiger partial charge on any atom is -0.368 e. The first-order chi connectivity index (χ1) is 11.7. The number of aromatic nitrogens is 2. The van der Waals surface area contributed by atoms with Gasteiger partial charge in [-0.05, 0) is 12.1 Å². The van der Waals surface area contributed by atoms with Gasteiger partial charge in [0, 0.05) is 69.7 Å². The first kappa shape index (κ1) is 15.2. The van der Waals surface area contributed by atoms with E-state index in [-0.39, 0.29) is 5.91 Å². The molecule has 2 aliphatic heterocycles. The predicted octanol–water partition coefficient (Wildman–Crippen LogP) is 1.03. The first-order valence-corrected chi connectivity index (χ1v) is 8.59. The lowest BCUT2D eigenvalue weighted by molar-refractivity contribution is 0.0738. The Balaban J connectivity index is 1.47. The topological polar surface area (TPSA) is 53.4 Å². The van der Waals surface area contributed by atoms with Crippen LogP contribution in [0, 0.1) is 0 Å².